The molecule has 7 heteroatoms. The number of aromatic amines is 1. The molecule has 3 aromatic rings. The number of H-pyrrole nitrogens is 1. The van der Waals surface area contributed by atoms with Gasteiger partial charge >= 0.3 is 0 Å². The summed E-state index contributed by atoms with van der Waals surface area (Å²) < 4.78 is 0. The molecule has 0 unspecified atom stereocenters. The molecule has 4 heterocycles. The normalized spacial score (nSPS) is 27.7. The van der Waals surface area contributed by atoms with Crippen molar-refractivity contribution in [2.24, 2.45) is 0 Å². The second-order valence-corrected chi connectivity index (χ2v) is 10.2. The molecule has 34 heavy (non-hydrogen) atoms. The summed E-state index contributed by atoms with van der Waals surface area (Å²) in [7, 11) is 0. The summed E-state index contributed by atoms with van der Waals surface area (Å²) in [5, 5.41) is 18.8. The van der Waals surface area contributed by atoms with Gasteiger partial charge in [0, 0.05) is 46.1 Å². The fourth-order valence-electron chi connectivity index (χ4n) is 5.91. The van der Waals surface area contributed by atoms with Crippen LogP contribution in [0, 0.1) is 0 Å². The average Bonchev–Trinajstić information content (AvgIpc) is 3.44. The topological polar surface area (TPSA) is 97.5 Å². The standard InChI is InChI=1S/C27H28N4O3/c1-4-26(2,3)22-16(15-9-5-7-11-18(15)28-22)13-20-24(33)31-21(23(32)29-20)14-27(34)17-10-6-8-12-19(17)30-25(27)31/h4-12,20-21,25,28,30,34H,1,13-14H2,2-3H3,(H,29,32)/t20-,21-,25+,27-/m0/s1. The Morgan fingerprint density at radius 3 is 2.68 bits per heavy atom. The lowest BCUT2D eigenvalue weighted by molar-refractivity contribution is -0.149. The van der Waals surface area contributed by atoms with Crippen LogP contribution < -0.4 is 10.6 Å². The molecule has 6 rings (SSSR count). The maximum atomic E-state index is 13.8. The highest BCUT2D eigenvalue weighted by Crippen LogP contribution is 2.50. The van der Waals surface area contributed by atoms with Gasteiger partial charge in [-0.15, -0.1) is 6.58 Å². The van der Waals surface area contributed by atoms with Crippen LogP contribution in [0.15, 0.2) is 61.2 Å². The first-order chi connectivity index (χ1) is 16.2. The van der Waals surface area contributed by atoms with E-state index in [4.69, 9.17) is 0 Å². The molecular weight excluding hydrogens is 428 g/mol. The number of benzene rings is 2. The third-order valence-electron chi connectivity index (χ3n) is 7.80. The molecule has 3 aliphatic heterocycles. The van der Waals surface area contributed by atoms with Gasteiger partial charge < -0.3 is 25.6 Å². The Kier molecular flexibility index (Phi) is 4.30. The van der Waals surface area contributed by atoms with Crippen molar-refractivity contribution in [2.45, 2.75) is 56.0 Å². The maximum absolute atomic E-state index is 13.8. The predicted octanol–water partition coefficient (Wildman–Crippen LogP) is 2.91. The zero-order valence-corrected chi connectivity index (χ0v) is 19.3. The molecule has 2 amide bonds. The Bertz CT molecular complexity index is 1360. The number of nitrogens with one attached hydrogen (secondary N) is 3. The molecule has 3 aliphatic rings. The number of aromatic nitrogens is 1. The van der Waals surface area contributed by atoms with E-state index in [1.54, 1.807) is 4.90 Å². The van der Waals surface area contributed by atoms with Crippen LogP contribution in [0.3, 0.4) is 0 Å². The first kappa shape index (κ1) is 21.0. The zero-order valence-electron chi connectivity index (χ0n) is 19.3. The van der Waals surface area contributed by atoms with Crippen molar-refractivity contribution < 1.29 is 14.7 Å². The van der Waals surface area contributed by atoms with Crippen molar-refractivity contribution in [3.63, 3.8) is 0 Å². The number of allylic oxidation sites excluding steroid dienone is 1. The summed E-state index contributed by atoms with van der Waals surface area (Å²) in [6.07, 6.45) is 1.75. The van der Waals surface area contributed by atoms with E-state index in [2.05, 4.69) is 36.0 Å². The van der Waals surface area contributed by atoms with E-state index in [1.807, 2.05) is 54.6 Å². The van der Waals surface area contributed by atoms with E-state index in [-0.39, 0.29) is 23.7 Å². The van der Waals surface area contributed by atoms with Crippen LogP contribution in [0.5, 0.6) is 0 Å². The van der Waals surface area contributed by atoms with Crippen LogP contribution in [-0.2, 0) is 27.0 Å². The molecule has 4 atom stereocenters. The fraction of sp³-hybridized carbons (Fsp3) is 0.333. The first-order valence-electron chi connectivity index (χ1n) is 11.7. The van der Waals surface area contributed by atoms with Crippen molar-refractivity contribution in [1.29, 1.82) is 0 Å². The van der Waals surface area contributed by atoms with Gasteiger partial charge in [-0.25, -0.2) is 0 Å². The molecule has 1 aromatic heterocycles. The summed E-state index contributed by atoms with van der Waals surface area (Å²) in [5.41, 5.74) is 2.86. The van der Waals surface area contributed by atoms with E-state index >= 15 is 0 Å². The number of piperazine rings is 1. The average molecular weight is 457 g/mol. The van der Waals surface area contributed by atoms with Crippen molar-refractivity contribution in [1.82, 2.24) is 15.2 Å². The van der Waals surface area contributed by atoms with Gasteiger partial charge in [-0.1, -0.05) is 56.3 Å². The van der Waals surface area contributed by atoms with Gasteiger partial charge in [-0.2, -0.15) is 0 Å². The van der Waals surface area contributed by atoms with Gasteiger partial charge in [-0.3, -0.25) is 9.59 Å². The minimum atomic E-state index is -1.29. The zero-order chi connectivity index (χ0) is 23.8. The van der Waals surface area contributed by atoms with E-state index in [9.17, 15) is 14.7 Å². The van der Waals surface area contributed by atoms with E-state index in [0.29, 0.717) is 6.42 Å². The smallest absolute Gasteiger partial charge is 0.247 e. The van der Waals surface area contributed by atoms with Crippen LogP contribution in [0.4, 0.5) is 5.69 Å². The van der Waals surface area contributed by atoms with Gasteiger partial charge in [0.15, 0.2) is 0 Å². The number of hydrogen-bond acceptors (Lipinski definition) is 4. The van der Waals surface area contributed by atoms with E-state index in [0.717, 1.165) is 33.4 Å². The van der Waals surface area contributed by atoms with Gasteiger partial charge in [0.2, 0.25) is 11.8 Å². The molecule has 2 aromatic carbocycles. The number of rotatable bonds is 4. The Morgan fingerprint density at radius 2 is 1.88 bits per heavy atom. The minimum absolute atomic E-state index is 0.174. The Labute approximate surface area is 197 Å². The van der Waals surface area contributed by atoms with Crippen molar-refractivity contribution in [3.8, 4) is 0 Å². The highest BCUT2D eigenvalue weighted by Gasteiger charge is 2.62. The molecule has 0 saturated carbocycles. The summed E-state index contributed by atoms with van der Waals surface area (Å²) in [6.45, 7) is 8.15. The number of amides is 2. The second kappa shape index (κ2) is 6.96. The van der Waals surface area contributed by atoms with Crippen LogP contribution in [-0.4, -0.2) is 45.1 Å². The fourth-order valence-corrected chi connectivity index (χ4v) is 5.91. The van der Waals surface area contributed by atoms with Gasteiger partial charge in [-0.05, 0) is 17.7 Å². The number of para-hydroxylation sites is 2. The number of nitrogens with zero attached hydrogens (tertiary/aromatic N) is 1. The van der Waals surface area contributed by atoms with Gasteiger partial charge in [0.1, 0.15) is 23.9 Å². The molecule has 174 valence electrons. The molecule has 0 aliphatic carbocycles. The van der Waals surface area contributed by atoms with Crippen LogP contribution in [0.25, 0.3) is 10.9 Å². The molecular formula is C27H28N4O3. The Balaban J connectivity index is 1.38. The lowest BCUT2D eigenvalue weighted by Gasteiger charge is -2.38. The second-order valence-electron chi connectivity index (χ2n) is 10.2. The van der Waals surface area contributed by atoms with Gasteiger partial charge in [0.25, 0.3) is 0 Å². The highest BCUT2D eigenvalue weighted by molar-refractivity contribution is 5.99. The quantitative estimate of drug-likeness (QED) is 0.454. The minimum Gasteiger partial charge on any atom is -0.381 e. The summed E-state index contributed by atoms with van der Waals surface area (Å²) in [4.78, 5) is 32.1. The number of fused-ring (bicyclic) bond motifs is 6. The van der Waals surface area contributed by atoms with Crippen molar-refractivity contribution in [3.05, 3.63) is 78.0 Å². The van der Waals surface area contributed by atoms with E-state index in [1.165, 1.54) is 0 Å². The lowest BCUT2D eigenvalue weighted by atomic mass is 9.84. The monoisotopic (exact) mass is 456 g/mol. The highest BCUT2D eigenvalue weighted by atomic mass is 16.3. The van der Waals surface area contributed by atoms with Crippen LogP contribution in [0.2, 0.25) is 0 Å². The third kappa shape index (κ3) is 2.73. The van der Waals surface area contributed by atoms with E-state index < -0.39 is 23.9 Å². The number of hydrogen-bond donors (Lipinski definition) is 4. The van der Waals surface area contributed by atoms with Crippen molar-refractivity contribution >= 4 is 28.4 Å². The summed E-state index contributed by atoms with van der Waals surface area (Å²) in [6, 6.07) is 14.1. The number of aliphatic hydroxyl groups is 1. The molecule has 2 fully saturated rings. The Hall–Kier alpha value is -3.58. The maximum Gasteiger partial charge on any atom is 0.247 e. The molecule has 7 nitrogen and oxygen atoms in total. The SMILES string of the molecule is C=CC(C)(C)c1[nH]c2ccccc2c1C[C@@H]1NC(=O)[C@@H]2C[C@]3(O)c4ccccc4N[C@@H]3N2C1=O. The summed E-state index contributed by atoms with van der Waals surface area (Å²) >= 11 is 0. The van der Waals surface area contributed by atoms with Crippen molar-refractivity contribution in [2.75, 3.05) is 5.32 Å². The molecule has 2 saturated heterocycles. The number of carbonyl (C=O) groups is 2. The van der Waals surface area contributed by atoms with Crippen LogP contribution >= 0.6 is 0 Å². The number of carbonyl (C=O) groups excluding carboxylic acids is 2. The largest absolute Gasteiger partial charge is 0.381 e. The van der Waals surface area contributed by atoms with Gasteiger partial charge in [0.05, 0.1) is 0 Å². The molecule has 0 bridgehead atoms. The molecule has 0 spiro atoms. The first-order valence-corrected chi connectivity index (χ1v) is 11.7. The number of anilines is 1. The predicted molar refractivity (Wildman–Crippen MR) is 130 cm³/mol. The molecule has 0 radical (unpaired) electrons. The molecule has 4 N–H and O–H groups in total. The summed E-state index contributed by atoms with van der Waals surface area (Å²) in [5.74, 6) is -0.408. The van der Waals surface area contributed by atoms with Crippen LogP contribution in [0.1, 0.15) is 37.1 Å². The Morgan fingerprint density at radius 1 is 1.15 bits per heavy atom. The lowest BCUT2D eigenvalue weighted by Crippen LogP contribution is -2.64. The third-order valence-corrected chi connectivity index (χ3v) is 7.80.